The molecule has 1 amide bonds. The first-order chi connectivity index (χ1) is 16.5. The van der Waals surface area contributed by atoms with Gasteiger partial charge in [-0.3, -0.25) is 9.20 Å². The van der Waals surface area contributed by atoms with Crippen LogP contribution in [-0.2, 0) is 6.54 Å². The number of halogens is 2. The summed E-state index contributed by atoms with van der Waals surface area (Å²) in [6, 6.07) is 23.5. The Kier molecular flexibility index (Phi) is 4.62. The predicted octanol–water partition coefficient (Wildman–Crippen LogP) is 6.02. The molecule has 0 saturated carbocycles. The van der Waals surface area contributed by atoms with Gasteiger partial charge in [-0.25, -0.2) is 13.8 Å². The number of rotatable bonds is 4. The maximum atomic E-state index is 13.9. The number of benzene rings is 3. The number of nitrogens with one attached hydrogen (secondary N) is 1. The molecule has 6 aromatic rings. The number of fused-ring (bicyclic) bond motifs is 4. The number of carbonyl (C=O) groups excluding carboxylic acids is 1. The minimum atomic E-state index is -0.389. The zero-order chi connectivity index (χ0) is 23.2. The highest BCUT2D eigenvalue weighted by molar-refractivity contribution is 6.07. The van der Waals surface area contributed by atoms with Crippen LogP contribution in [0.2, 0.25) is 0 Å². The van der Waals surface area contributed by atoms with E-state index in [0.29, 0.717) is 27.8 Å². The van der Waals surface area contributed by atoms with E-state index in [1.54, 1.807) is 28.8 Å². The van der Waals surface area contributed by atoms with E-state index in [1.165, 1.54) is 24.3 Å². The van der Waals surface area contributed by atoms with Crippen LogP contribution in [0, 0.1) is 11.6 Å². The van der Waals surface area contributed by atoms with E-state index in [0.717, 1.165) is 16.7 Å². The summed E-state index contributed by atoms with van der Waals surface area (Å²) in [4.78, 5) is 17.9. The fraction of sp³-hybridized carbons (Fsp3) is 0.0370. The summed E-state index contributed by atoms with van der Waals surface area (Å²) in [7, 11) is 0. The van der Waals surface area contributed by atoms with Gasteiger partial charge in [0.1, 0.15) is 23.0 Å². The molecule has 1 N–H and O–H groups in total. The average Bonchev–Trinajstić information content (AvgIpc) is 3.36. The summed E-state index contributed by atoms with van der Waals surface area (Å²) in [5.74, 6) is -1.09. The van der Waals surface area contributed by atoms with Gasteiger partial charge in [0.15, 0.2) is 0 Å². The lowest BCUT2D eigenvalue weighted by molar-refractivity contribution is 0.101. The minimum Gasteiger partial charge on any atom is -0.332 e. The molecule has 7 heteroatoms. The summed E-state index contributed by atoms with van der Waals surface area (Å²) in [5, 5.41) is 3.53. The number of hydrogen-bond donors (Lipinski definition) is 1. The largest absolute Gasteiger partial charge is 0.332 e. The van der Waals surface area contributed by atoms with Gasteiger partial charge in [-0.2, -0.15) is 0 Å². The molecular weight excluding hydrogens is 434 g/mol. The molecule has 3 aromatic carbocycles. The van der Waals surface area contributed by atoms with Crippen molar-refractivity contribution in [1.82, 2.24) is 14.0 Å². The van der Waals surface area contributed by atoms with Gasteiger partial charge in [-0.05, 0) is 72.3 Å². The molecule has 0 fully saturated rings. The molecular formula is C27H18F2N4O. The summed E-state index contributed by atoms with van der Waals surface area (Å²) in [5.41, 5.74) is 4.83. The Morgan fingerprint density at radius 2 is 1.71 bits per heavy atom. The molecule has 0 aliphatic heterocycles. The lowest BCUT2D eigenvalue weighted by Gasteiger charge is -2.12. The molecule has 3 heterocycles. The molecule has 0 atom stereocenters. The molecule has 0 spiro atoms. The van der Waals surface area contributed by atoms with Gasteiger partial charge in [-0.1, -0.05) is 18.2 Å². The molecule has 34 heavy (non-hydrogen) atoms. The van der Waals surface area contributed by atoms with Crippen LogP contribution in [0.5, 0.6) is 0 Å². The summed E-state index contributed by atoms with van der Waals surface area (Å²) in [6.45, 7) is 0.265. The highest BCUT2D eigenvalue weighted by atomic mass is 19.1. The number of anilines is 1. The lowest BCUT2D eigenvalue weighted by Crippen LogP contribution is -2.17. The van der Waals surface area contributed by atoms with Crippen molar-refractivity contribution in [3.8, 4) is 0 Å². The number of imidazole rings is 1. The minimum absolute atomic E-state index is 0.265. The molecule has 0 unspecified atom stereocenters. The third kappa shape index (κ3) is 3.47. The van der Waals surface area contributed by atoms with Gasteiger partial charge < -0.3 is 9.88 Å². The van der Waals surface area contributed by atoms with Crippen molar-refractivity contribution in [2.24, 2.45) is 0 Å². The fourth-order valence-corrected chi connectivity index (χ4v) is 4.36. The molecule has 0 radical (unpaired) electrons. The van der Waals surface area contributed by atoms with E-state index >= 15 is 0 Å². The number of hydrogen-bond acceptors (Lipinski definition) is 2. The van der Waals surface area contributed by atoms with Gasteiger partial charge in [0.25, 0.3) is 5.91 Å². The molecule has 6 rings (SSSR count). The first-order valence-electron chi connectivity index (χ1n) is 10.8. The molecule has 0 aliphatic rings. The molecule has 166 valence electrons. The Labute approximate surface area is 192 Å². The second-order valence-corrected chi connectivity index (χ2v) is 8.15. The summed E-state index contributed by atoms with van der Waals surface area (Å²) in [6.07, 6.45) is 1.94. The first kappa shape index (κ1) is 20.1. The molecule has 0 aliphatic carbocycles. The second kappa shape index (κ2) is 7.81. The SMILES string of the molecule is O=C(Nc1ccc2c(c1)nc1ccccn12)c1cc2cc(F)ccc2n1Cc1cccc(F)c1. The Morgan fingerprint density at radius 1 is 0.853 bits per heavy atom. The molecule has 5 nitrogen and oxygen atoms in total. The first-order valence-corrected chi connectivity index (χ1v) is 10.8. The zero-order valence-electron chi connectivity index (χ0n) is 17.9. The highest BCUT2D eigenvalue weighted by Gasteiger charge is 2.17. The Morgan fingerprint density at radius 3 is 2.59 bits per heavy atom. The van der Waals surface area contributed by atoms with Crippen LogP contribution in [0.25, 0.3) is 27.6 Å². The van der Waals surface area contributed by atoms with Crippen LogP contribution in [-0.4, -0.2) is 19.9 Å². The van der Waals surface area contributed by atoms with Crippen molar-refractivity contribution in [2.75, 3.05) is 5.32 Å². The maximum absolute atomic E-state index is 13.9. The maximum Gasteiger partial charge on any atom is 0.272 e. The van der Waals surface area contributed by atoms with Gasteiger partial charge in [0.2, 0.25) is 0 Å². The monoisotopic (exact) mass is 452 g/mol. The highest BCUT2D eigenvalue weighted by Crippen LogP contribution is 2.25. The van der Waals surface area contributed by atoms with Crippen LogP contribution in [0.1, 0.15) is 16.1 Å². The van der Waals surface area contributed by atoms with Crippen molar-refractivity contribution in [1.29, 1.82) is 0 Å². The quantitative estimate of drug-likeness (QED) is 0.356. The van der Waals surface area contributed by atoms with E-state index in [4.69, 9.17) is 0 Å². The second-order valence-electron chi connectivity index (χ2n) is 8.15. The zero-order valence-corrected chi connectivity index (χ0v) is 17.9. The number of carbonyl (C=O) groups is 1. The Balaban J connectivity index is 1.39. The van der Waals surface area contributed by atoms with Gasteiger partial charge in [0.05, 0.1) is 11.0 Å². The van der Waals surface area contributed by atoms with E-state index in [1.807, 2.05) is 47.0 Å². The van der Waals surface area contributed by atoms with E-state index in [2.05, 4.69) is 10.3 Å². The fourth-order valence-electron chi connectivity index (χ4n) is 4.36. The van der Waals surface area contributed by atoms with Gasteiger partial charge >= 0.3 is 0 Å². The van der Waals surface area contributed by atoms with Crippen molar-refractivity contribution in [3.05, 3.63) is 114 Å². The number of nitrogens with zero attached hydrogens (tertiary/aromatic N) is 3. The normalized spacial score (nSPS) is 11.5. The third-order valence-electron chi connectivity index (χ3n) is 5.89. The van der Waals surface area contributed by atoms with Crippen LogP contribution in [0.4, 0.5) is 14.5 Å². The molecule has 0 bridgehead atoms. The van der Waals surface area contributed by atoms with E-state index in [9.17, 15) is 13.6 Å². The van der Waals surface area contributed by atoms with Crippen molar-refractivity contribution >= 4 is 39.2 Å². The van der Waals surface area contributed by atoms with Crippen molar-refractivity contribution in [2.45, 2.75) is 6.54 Å². The average molecular weight is 452 g/mol. The number of aromatic nitrogens is 3. The summed E-state index contributed by atoms with van der Waals surface area (Å²) < 4.78 is 31.4. The van der Waals surface area contributed by atoms with Crippen LogP contribution < -0.4 is 5.32 Å². The number of amides is 1. The lowest BCUT2D eigenvalue weighted by atomic mass is 10.2. The van der Waals surface area contributed by atoms with Gasteiger partial charge in [0, 0.05) is 29.3 Å². The predicted molar refractivity (Wildman–Crippen MR) is 128 cm³/mol. The van der Waals surface area contributed by atoms with Crippen LogP contribution in [0.3, 0.4) is 0 Å². The van der Waals surface area contributed by atoms with Crippen LogP contribution >= 0.6 is 0 Å². The Hall–Kier alpha value is -4.52. The topological polar surface area (TPSA) is 51.3 Å². The standard InChI is InChI=1S/C27H18F2N4O/c28-19-5-3-4-17(12-19)16-33-23-9-7-20(29)13-18(23)14-25(33)27(34)30-21-8-10-24-22(15-21)31-26-6-1-2-11-32(24)26/h1-15H,16H2,(H,30,34). The molecule has 3 aromatic heterocycles. The van der Waals surface area contributed by atoms with Gasteiger partial charge in [-0.15, -0.1) is 0 Å². The van der Waals surface area contributed by atoms with Crippen molar-refractivity contribution in [3.63, 3.8) is 0 Å². The third-order valence-corrected chi connectivity index (χ3v) is 5.89. The number of pyridine rings is 1. The van der Waals surface area contributed by atoms with E-state index in [-0.39, 0.29) is 24.1 Å². The smallest absolute Gasteiger partial charge is 0.272 e. The van der Waals surface area contributed by atoms with Crippen molar-refractivity contribution < 1.29 is 13.6 Å². The van der Waals surface area contributed by atoms with E-state index < -0.39 is 0 Å². The Bertz CT molecular complexity index is 1720. The summed E-state index contributed by atoms with van der Waals surface area (Å²) >= 11 is 0. The van der Waals surface area contributed by atoms with Crippen LogP contribution in [0.15, 0.2) is 91.1 Å². The molecule has 0 saturated heterocycles.